The first-order chi connectivity index (χ1) is 19.3. The SMILES string of the molecule is Cc1ccc(C(C)(C)C2CC=C(c3ccc(C(c4ccc(C)c(C)c4)(C(F)(F)F)C(F)(F)F)cc3C)C(C)C2)cc1C. The Kier molecular flexibility index (Phi) is 8.29. The Morgan fingerprint density at radius 2 is 1.05 bits per heavy atom. The van der Waals surface area contributed by atoms with Gasteiger partial charge in [-0.3, -0.25) is 0 Å². The van der Waals surface area contributed by atoms with Gasteiger partial charge in [-0.2, -0.15) is 26.3 Å². The van der Waals surface area contributed by atoms with Gasteiger partial charge in [0.15, 0.2) is 0 Å². The van der Waals surface area contributed by atoms with Crippen molar-refractivity contribution >= 4 is 5.57 Å². The zero-order chi connectivity index (χ0) is 31.4. The van der Waals surface area contributed by atoms with Gasteiger partial charge in [-0.15, -0.1) is 0 Å². The van der Waals surface area contributed by atoms with E-state index in [1.54, 1.807) is 13.8 Å². The van der Waals surface area contributed by atoms with E-state index < -0.39 is 28.9 Å². The molecule has 3 aromatic carbocycles. The molecular formula is C36H40F6. The van der Waals surface area contributed by atoms with Gasteiger partial charge in [-0.05, 0) is 120 Å². The van der Waals surface area contributed by atoms with Crippen molar-refractivity contribution in [3.8, 4) is 0 Å². The third-order valence-electron chi connectivity index (χ3n) is 9.82. The number of benzene rings is 3. The number of halogens is 6. The average molecular weight is 587 g/mol. The largest absolute Gasteiger partial charge is 0.411 e. The molecule has 0 radical (unpaired) electrons. The molecule has 0 saturated carbocycles. The molecule has 1 aliphatic carbocycles. The zero-order valence-corrected chi connectivity index (χ0v) is 25.6. The summed E-state index contributed by atoms with van der Waals surface area (Å²) in [5.74, 6) is 0.430. The van der Waals surface area contributed by atoms with Crippen molar-refractivity contribution in [3.63, 3.8) is 0 Å². The molecule has 0 N–H and O–H groups in total. The number of allylic oxidation sites excluding steroid dienone is 2. The topological polar surface area (TPSA) is 0 Å². The average Bonchev–Trinajstić information content (AvgIpc) is 2.87. The van der Waals surface area contributed by atoms with Crippen LogP contribution < -0.4 is 0 Å². The molecule has 0 spiro atoms. The first-order valence-electron chi connectivity index (χ1n) is 14.4. The van der Waals surface area contributed by atoms with Gasteiger partial charge in [0.2, 0.25) is 5.41 Å². The molecule has 42 heavy (non-hydrogen) atoms. The molecule has 2 unspecified atom stereocenters. The maximum Gasteiger partial charge on any atom is 0.411 e. The molecular weight excluding hydrogens is 546 g/mol. The van der Waals surface area contributed by atoms with E-state index in [-0.39, 0.29) is 11.3 Å². The highest BCUT2D eigenvalue weighted by molar-refractivity contribution is 5.71. The molecule has 0 saturated heterocycles. The van der Waals surface area contributed by atoms with Crippen LogP contribution in [0.5, 0.6) is 0 Å². The molecule has 0 bridgehead atoms. The third-order valence-corrected chi connectivity index (χ3v) is 9.82. The lowest BCUT2D eigenvalue weighted by atomic mass is 9.64. The van der Waals surface area contributed by atoms with E-state index in [0.29, 0.717) is 28.2 Å². The van der Waals surface area contributed by atoms with Gasteiger partial charge in [0.1, 0.15) is 0 Å². The van der Waals surface area contributed by atoms with Gasteiger partial charge in [0, 0.05) is 0 Å². The fraction of sp³-hybridized carbons (Fsp3) is 0.444. The summed E-state index contributed by atoms with van der Waals surface area (Å²) in [4.78, 5) is 0. The van der Waals surface area contributed by atoms with E-state index in [0.717, 1.165) is 42.7 Å². The molecule has 226 valence electrons. The zero-order valence-electron chi connectivity index (χ0n) is 25.6. The second kappa shape index (κ2) is 10.9. The summed E-state index contributed by atoms with van der Waals surface area (Å²) >= 11 is 0. The molecule has 0 heterocycles. The fourth-order valence-corrected chi connectivity index (χ4v) is 6.64. The summed E-state index contributed by atoms with van der Waals surface area (Å²) in [5.41, 5.74) is 0.948. The van der Waals surface area contributed by atoms with Crippen LogP contribution in [0.25, 0.3) is 5.57 Å². The first-order valence-corrected chi connectivity index (χ1v) is 14.4. The third kappa shape index (κ3) is 5.31. The summed E-state index contributed by atoms with van der Waals surface area (Å²) in [6.07, 6.45) is -7.44. The van der Waals surface area contributed by atoms with Crippen LogP contribution in [0.3, 0.4) is 0 Å². The summed E-state index contributed by atoms with van der Waals surface area (Å²) in [5, 5.41) is 0. The Bertz CT molecular complexity index is 1490. The van der Waals surface area contributed by atoms with E-state index in [2.05, 4.69) is 58.9 Å². The van der Waals surface area contributed by atoms with Gasteiger partial charge in [0.25, 0.3) is 0 Å². The lowest BCUT2D eigenvalue weighted by molar-refractivity contribution is -0.288. The van der Waals surface area contributed by atoms with Crippen molar-refractivity contribution in [2.24, 2.45) is 11.8 Å². The molecule has 0 amide bonds. The van der Waals surface area contributed by atoms with Crippen LogP contribution in [0.15, 0.2) is 60.7 Å². The van der Waals surface area contributed by atoms with Crippen molar-refractivity contribution in [3.05, 3.63) is 111 Å². The first kappa shape index (κ1) is 31.9. The number of aryl methyl sites for hydroxylation is 5. The second-order valence-electron chi connectivity index (χ2n) is 12.8. The highest BCUT2D eigenvalue weighted by Gasteiger charge is 2.72. The monoisotopic (exact) mass is 586 g/mol. The smallest absolute Gasteiger partial charge is 0.169 e. The quantitative estimate of drug-likeness (QED) is 0.261. The van der Waals surface area contributed by atoms with E-state index in [1.807, 2.05) is 0 Å². The van der Waals surface area contributed by atoms with Crippen LogP contribution in [0, 0.1) is 46.5 Å². The summed E-state index contributed by atoms with van der Waals surface area (Å²) in [6.45, 7) is 15.6. The maximum absolute atomic E-state index is 14.7. The highest BCUT2D eigenvalue weighted by atomic mass is 19.4. The predicted octanol–water partition coefficient (Wildman–Crippen LogP) is 11.0. The normalized spacial score (nSPS) is 18.7. The highest BCUT2D eigenvalue weighted by Crippen LogP contribution is 2.57. The Hall–Kier alpha value is -3.02. The standard InChI is InChI=1S/C36H40F6/c1-21-9-11-27(17-23(21)3)33(7,8)28-13-15-31(25(5)19-28)32-16-14-30(20-26(32)6)34(35(37,38)39,36(40,41)42)29-12-10-22(2)24(4)18-29/h9-12,14-18,20,25,28H,13,19H2,1-8H3. The van der Waals surface area contributed by atoms with E-state index in [9.17, 15) is 26.3 Å². The van der Waals surface area contributed by atoms with E-state index in [1.165, 1.54) is 35.7 Å². The van der Waals surface area contributed by atoms with Crippen molar-refractivity contribution in [1.29, 1.82) is 0 Å². The maximum atomic E-state index is 14.7. The molecule has 0 aliphatic heterocycles. The minimum Gasteiger partial charge on any atom is -0.169 e. The van der Waals surface area contributed by atoms with Crippen molar-refractivity contribution in [2.75, 3.05) is 0 Å². The Balaban J connectivity index is 1.76. The summed E-state index contributed by atoms with van der Waals surface area (Å²) in [7, 11) is 0. The second-order valence-corrected chi connectivity index (χ2v) is 12.8. The molecule has 3 aromatic rings. The lowest BCUT2D eigenvalue weighted by Crippen LogP contribution is -2.54. The van der Waals surface area contributed by atoms with Crippen molar-refractivity contribution in [2.45, 2.75) is 91.4 Å². The van der Waals surface area contributed by atoms with Gasteiger partial charge >= 0.3 is 12.4 Å². The predicted molar refractivity (Wildman–Crippen MR) is 159 cm³/mol. The number of alkyl halides is 6. The number of hydrogen-bond donors (Lipinski definition) is 0. The Morgan fingerprint density at radius 3 is 1.50 bits per heavy atom. The number of rotatable bonds is 5. The van der Waals surface area contributed by atoms with Crippen LogP contribution in [-0.4, -0.2) is 12.4 Å². The van der Waals surface area contributed by atoms with Crippen LogP contribution in [-0.2, 0) is 10.8 Å². The van der Waals surface area contributed by atoms with Gasteiger partial charge in [-0.25, -0.2) is 0 Å². The molecule has 0 nitrogen and oxygen atoms in total. The van der Waals surface area contributed by atoms with Crippen LogP contribution in [0.1, 0.15) is 83.7 Å². The number of hydrogen-bond acceptors (Lipinski definition) is 0. The van der Waals surface area contributed by atoms with Gasteiger partial charge < -0.3 is 0 Å². The fourth-order valence-electron chi connectivity index (χ4n) is 6.64. The minimum absolute atomic E-state index is 0.0915. The van der Waals surface area contributed by atoms with Crippen molar-refractivity contribution < 1.29 is 26.3 Å². The minimum atomic E-state index is -5.61. The van der Waals surface area contributed by atoms with Gasteiger partial charge in [0.05, 0.1) is 0 Å². The lowest BCUT2D eigenvalue weighted by Gasteiger charge is -2.40. The van der Waals surface area contributed by atoms with E-state index >= 15 is 0 Å². The summed E-state index contributed by atoms with van der Waals surface area (Å²) in [6, 6.07) is 13.4. The molecule has 6 heteroatoms. The van der Waals surface area contributed by atoms with Gasteiger partial charge in [-0.1, -0.05) is 81.4 Å². The Labute approximate surface area is 245 Å². The Morgan fingerprint density at radius 1 is 0.595 bits per heavy atom. The summed E-state index contributed by atoms with van der Waals surface area (Å²) < 4.78 is 88.4. The molecule has 0 aromatic heterocycles. The van der Waals surface area contributed by atoms with Crippen LogP contribution >= 0.6 is 0 Å². The van der Waals surface area contributed by atoms with E-state index in [4.69, 9.17) is 0 Å². The van der Waals surface area contributed by atoms with Crippen LogP contribution in [0.4, 0.5) is 26.3 Å². The van der Waals surface area contributed by atoms with Crippen molar-refractivity contribution in [1.82, 2.24) is 0 Å². The van der Waals surface area contributed by atoms with Crippen LogP contribution in [0.2, 0.25) is 0 Å². The molecule has 2 atom stereocenters. The molecule has 4 rings (SSSR count). The molecule has 0 fully saturated rings. The molecule has 1 aliphatic rings.